The van der Waals surface area contributed by atoms with Gasteiger partial charge < -0.3 is 9.64 Å². The lowest BCUT2D eigenvalue weighted by molar-refractivity contribution is -0.148. The van der Waals surface area contributed by atoms with Crippen LogP contribution in [0.5, 0.6) is 0 Å². The van der Waals surface area contributed by atoms with Crippen LogP contribution in [0.3, 0.4) is 0 Å². The quantitative estimate of drug-likeness (QED) is 0.779. The van der Waals surface area contributed by atoms with Gasteiger partial charge in [-0.2, -0.15) is 0 Å². The molecule has 1 spiro atoms. The third-order valence-electron chi connectivity index (χ3n) is 4.12. The molecule has 1 aliphatic carbocycles. The van der Waals surface area contributed by atoms with Crippen LogP contribution in [0.25, 0.3) is 0 Å². The number of anilines is 1. The molecule has 4 nitrogen and oxygen atoms in total. The fraction of sp³-hybridized carbons (Fsp3) is 0.733. The van der Waals surface area contributed by atoms with Gasteiger partial charge in [0.1, 0.15) is 0 Å². The highest BCUT2D eigenvalue weighted by molar-refractivity contribution is 5.33. The van der Waals surface area contributed by atoms with Crippen LogP contribution in [0.2, 0.25) is 0 Å². The van der Waals surface area contributed by atoms with E-state index in [1.165, 1.54) is 25.7 Å². The summed E-state index contributed by atoms with van der Waals surface area (Å²) < 4.78 is 6.41. The highest BCUT2D eigenvalue weighted by Crippen LogP contribution is 2.41. The van der Waals surface area contributed by atoms with E-state index in [0.717, 1.165) is 24.7 Å². The van der Waals surface area contributed by atoms with Gasteiger partial charge >= 0.3 is 0 Å². The number of aryl methyl sites for hydroxylation is 1. The number of hydrogen-bond acceptors (Lipinski definition) is 4. The second kappa shape index (κ2) is 4.44. The first kappa shape index (κ1) is 12.9. The van der Waals surface area contributed by atoms with Gasteiger partial charge in [-0.15, -0.1) is 0 Å². The lowest BCUT2D eigenvalue weighted by Crippen LogP contribution is -2.59. The van der Waals surface area contributed by atoms with E-state index < -0.39 is 0 Å². The Bertz CT molecular complexity index is 466. The summed E-state index contributed by atoms with van der Waals surface area (Å²) in [7, 11) is 0. The first-order valence-electron chi connectivity index (χ1n) is 7.23. The molecule has 0 amide bonds. The van der Waals surface area contributed by atoms with Crippen molar-refractivity contribution in [1.29, 1.82) is 0 Å². The summed E-state index contributed by atoms with van der Waals surface area (Å²) in [5.74, 6) is 0.850. The van der Waals surface area contributed by atoms with Gasteiger partial charge in [-0.3, -0.25) is 0 Å². The van der Waals surface area contributed by atoms with Crippen molar-refractivity contribution >= 4 is 5.95 Å². The molecule has 2 fully saturated rings. The Kier molecular flexibility index (Phi) is 3.01. The Labute approximate surface area is 115 Å². The van der Waals surface area contributed by atoms with Crippen LogP contribution in [0.1, 0.15) is 45.2 Å². The van der Waals surface area contributed by atoms with Crippen LogP contribution in [0.15, 0.2) is 12.3 Å². The number of nitrogens with zero attached hydrogens (tertiary/aromatic N) is 3. The fourth-order valence-electron chi connectivity index (χ4n) is 3.52. The summed E-state index contributed by atoms with van der Waals surface area (Å²) in [6, 6.07) is 1.94. The topological polar surface area (TPSA) is 38.2 Å². The Morgan fingerprint density at radius 3 is 2.63 bits per heavy atom. The SMILES string of the molecule is Cc1ccnc(N2CC(C)(C)OC3(CCCC3)C2)n1. The Hall–Kier alpha value is -1.16. The molecule has 2 aliphatic rings. The number of ether oxygens (including phenoxy) is 1. The molecule has 104 valence electrons. The third kappa shape index (κ3) is 2.59. The van der Waals surface area contributed by atoms with E-state index >= 15 is 0 Å². The minimum Gasteiger partial charge on any atom is -0.365 e. The molecule has 1 saturated carbocycles. The Morgan fingerprint density at radius 2 is 1.95 bits per heavy atom. The van der Waals surface area contributed by atoms with Crippen molar-refractivity contribution in [2.45, 2.75) is 57.7 Å². The van der Waals surface area contributed by atoms with Crippen molar-refractivity contribution in [3.8, 4) is 0 Å². The smallest absolute Gasteiger partial charge is 0.225 e. The van der Waals surface area contributed by atoms with Crippen LogP contribution in [0, 0.1) is 6.92 Å². The third-order valence-corrected chi connectivity index (χ3v) is 4.12. The maximum Gasteiger partial charge on any atom is 0.225 e. The number of morpholine rings is 1. The van der Waals surface area contributed by atoms with E-state index in [4.69, 9.17) is 4.74 Å². The predicted molar refractivity (Wildman–Crippen MR) is 75.3 cm³/mol. The predicted octanol–water partition coefficient (Wildman–Crippen LogP) is 2.71. The van der Waals surface area contributed by atoms with Crippen LogP contribution in [-0.2, 0) is 4.74 Å². The molecule has 1 aliphatic heterocycles. The van der Waals surface area contributed by atoms with E-state index in [1.807, 2.05) is 19.2 Å². The zero-order valence-electron chi connectivity index (χ0n) is 12.1. The summed E-state index contributed by atoms with van der Waals surface area (Å²) in [6.07, 6.45) is 6.73. The highest BCUT2D eigenvalue weighted by Gasteiger charge is 2.46. The van der Waals surface area contributed by atoms with Crippen molar-refractivity contribution in [3.05, 3.63) is 18.0 Å². The van der Waals surface area contributed by atoms with Crippen molar-refractivity contribution < 1.29 is 4.74 Å². The van der Waals surface area contributed by atoms with Crippen LogP contribution < -0.4 is 4.90 Å². The van der Waals surface area contributed by atoms with Gasteiger partial charge in [-0.05, 0) is 39.7 Å². The zero-order valence-corrected chi connectivity index (χ0v) is 12.1. The van der Waals surface area contributed by atoms with Gasteiger partial charge in [-0.25, -0.2) is 9.97 Å². The van der Waals surface area contributed by atoms with E-state index in [1.54, 1.807) is 0 Å². The van der Waals surface area contributed by atoms with Crippen LogP contribution in [-0.4, -0.2) is 34.3 Å². The average molecular weight is 261 g/mol. The number of hydrogen-bond donors (Lipinski definition) is 0. The summed E-state index contributed by atoms with van der Waals surface area (Å²) >= 11 is 0. The molecule has 3 rings (SSSR count). The Morgan fingerprint density at radius 1 is 1.21 bits per heavy atom. The van der Waals surface area contributed by atoms with Gasteiger partial charge in [0.05, 0.1) is 17.7 Å². The molecule has 0 N–H and O–H groups in total. The maximum atomic E-state index is 6.41. The van der Waals surface area contributed by atoms with Gasteiger partial charge in [0, 0.05) is 18.4 Å². The van der Waals surface area contributed by atoms with Crippen molar-refractivity contribution in [2.75, 3.05) is 18.0 Å². The lowest BCUT2D eigenvalue weighted by atomic mass is 9.94. The lowest BCUT2D eigenvalue weighted by Gasteiger charge is -2.48. The molecular weight excluding hydrogens is 238 g/mol. The molecular formula is C15H23N3O. The molecule has 0 unspecified atom stereocenters. The molecule has 0 aromatic carbocycles. The van der Waals surface area contributed by atoms with E-state index in [-0.39, 0.29) is 11.2 Å². The second-order valence-electron chi connectivity index (χ2n) is 6.61. The van der Waals surface area contributed by atoms with Gasteiger partial charge in [0.2, 0.25) is 5.95 Å². The number of aromatic nitrogens is 2. The minimum absolute atomic E-state index is 0.0227. The number of rotatable bonds is 1. The van der Waals surface area contributed by atoms with Crippen molar-refractivity contribution in [3.63, 3.8) is 0 Å². The molecule has 4 heteroatoms. The molecule has 1 aromatic rings. The fourth-order valence-corrected chi connectivity index (χ4v) is 3.52. The average Bonchev–Trinajstić information content (AvgIpc) is 2.74. The summed E-state index contributed by atoms with van der Waals surface area (Å²) in [5, 5.41) is 0. The summed E-state index contributed by atoms with van der Waals surface area (Å²) in [6.45, 7) is 8.16. The van der Waals surface area contributed by atoms with Crippen LogP contribution >= 0.6 is 0 Å². The normalized spacial score (nSPS) is 24.9. The standard InChI is InChI=1S/C15H23N3O/c1-12-6-9-16-13(17-12)18-10-14(2,3)19-15(11-18)7-4-5-8-15/h6,9H,4-5,7-8,10-11H2,1-3H3. The first-order valence-corrected chi connectivity index (χ1v) is 7.23. The molecule has 1 saturated heterocycles. The van der Waals surface area contributed by atoms with E-state index in [9.17, 15) is 0 Å². The van der Waals surface area contributed by atoms with Gasteiger partial charge in [0.25, 0.3) is 0 Å². The monoisotopic (exact) mass is 261 g/mol. The summed E-state index contributed by atoms with van der Waals surface area (Å²) in [4.78, 5) is 11.3. The molecule has 19 heavy (non-hydrogen) atoms. The van der Waals surface area contributed by atoms with E-state index in [0.29, 0.717) is 0 Å². The van der Waals surface area contributed by atoms with Crippen molar-refractivity contribution in [2.24, 2.45) is 0 Å². The molecule has 0 atom stereocenters. The molecule has 0 bridgehead atoms. The maximum absolute atomic E-state index is 6.41. The zero-order chi connectivity index (χ0) is 13.5. The van der Waals surface area contributed by atoms with Crippen molar-refractivity contribution in [1.82, 2.24) is 9.97 Å². The first-order chi connectivity index (χ1) is 8.98. The van der Waals surface area contributed by atoms with Crippen LogP contribution in [0.4, 0.5) is 5.95 Å². The molecule has 2 heterocycles. The van der Waals surface area contributed by atoms with E-state index in [2.05, 4.69) is 28.7 Å². The van der Waals surface area contributed by atoms with Gasteiger partial charge in [0.15, 0.2) is 0 Å². The highest BCUT2D eigenvalue weighted by atomic mass is 16.5. The second-order valence-corrected chi connectivity index (χ2v) is 6.61. The van der Waals surface area contributed by atoms with Gasteiger partial charge in [-0.1, -0.05) is 12.8 Å². The molecule has 1 aromatic heterocycles. The summed E-state index contributed by atoms with van der Waals surface area (Å²) in [5.41, 5.74) is 0.916. The minimum atomic E-state index is -0.129. The largest absolute Gasteiger partial charge is 0.365 e. The Balaban J connectivity index is 1.89. The molecule has 0 radical (unpaired) electrons.